The molecule has 2 heteroatoms. The predicted octanol–water partition coefficient (Wildman–Crippen LogP) is 0.494. The Balaban J connectivity index is 3.17. The van der Waals surface area contributed by atoms with E-state index in [2.05, 4.69) is 0 Å². The van der Waals surface area contributed by atoms with Gasteiger partial charge in [0, 0.05) is 0 Å². The Hall–Kier alpha value is -0.915. The monoisotopic (exact) mass is 118 g/mol. The highest BCUT2D eigenvalue weighted by Gasteiger charge is 1.90. The van der Waals surface area contributed by atoms with E-state index in [1.165, 1.54) is 6.07 Å². The lowest BCUT2D eigenvalue weighted by Gasteiger charge is -1.97. The van der Waals surface area contributed by atoms with Crippen molar-refractivity contribution >= 4 is 13.3 Å². The van der Waals surface area contributed by atoms with Gasteiger partial charge in [-0.25, -0.2) is 0 Å². The van der Waals surface area contributed by atoms with Crippen LogP contribution in [-0.2, 0) is 0 Å². The van der Waals surface area contributed by atoms with E-state index in [1.807, 2.05) is 6.92 Å². The summed E-state index contributed by atoms with van der Waals surface area (Å²) in [6.45, 7) is 1.90. The smallest absolute Gasteiger partial charge is 0.115 e. The summed E-state index contributed by atoms with van der Waals surface area (Å²) in [5, 5.41) is 8.86. The molecular formula is C7H7BO. The van der Waals surface area contributed by atoms with Gasteiger partial charge in [0.15, 0.2) is 0 Å². The van der Waals surface area contributed by atoms with Gasteiger partial charge in [-0.15, -0.1) is 0 Å². The third kappa shape index (κ3) is 1.25. The summed E-state index contributed by atoms with van der Waals surface area (Å²) in [6, 6.07) is 4.94. The van der Waals surface area contributed by atoms with Crippen molar-refractivity contribution in [2.75, 3.05) is 0 Å². The highest BCUT2D eigenvalue weighted by molar-refractivity contribution is 6.33. The number of phenols is 1. The first kappa shape index (κ1) is 6.21. The minimum absolute atomic E-state index is 0.220. The molecule has 9 heavy (non-hydrogen) atoms. The maximum Gasteiger partial charge on any atom is 0.115 e. The summed E-state index contributed by atoms with van der Waals surface area (Å²) in [5.74, 6) is 0.220. The molecular weight excluding hydrogens is 111 g/mol. The second-order valence-corrected chi connectivity index (χ2v) is 2.04. The number of benzene rings is 1. The molecule has 1 nitrogen and oxygen atoms in total. The van der Waals surface area contributed by atoms with Crippen molar-refractivity contribution in [3.63, 3.8) is 0 Å². The molecule has 0 unspecified atom stereocenters. The van der Waals surface area contributed by atoms with Crippen LogP contribution in [0, 0.1) is 6.92 Å². The van der Waals surface area contributed by atoms with Crippen molar-refractivity contribution in [2.45, 2.75) is 6.92 Å². The van der Waals surface area contributed by atoms with Crippen LogP contribution in [0.4, 0.5) is 0 Å². The molecule has 0 spiro atoms. The molecule has 44 valence electrons. The summed E-state index contributed by atoms with van der Waals surface area (Å²) in [4.78, 5) is 0. The quantitative estimate of drug-likeness (QED) is 0.491. The Bertz CT molecular complexity index is 220. The minimum atomic E-state index is 0.220. The molecule has 1 aromatic rings. The molecule has 2 radical (unpaired) electrons. The Morgan fingerprint density at radius 3 is 2.56 bits per heavy atom. The topological polar surface area (TPSA) is 20.2 Å². The normalized spacial score (nSPS) is 9.44. The van der Waals surface area contributed by atoms with Gasteiger partial charge in [-0.2, -0.15) is 0 Å². The number of hydrogen-bond acceptors (Lipinski definition) is 1. The van der Waals surface area contributed by atoms with E-state index < -0.39 is 0 Å². The first-order valence-electron chi connectivity index (χ1n) is 2.75. The van der Waals surface area contributed by atoms with Crippen molar-refractivity contribution in [1.29, 1.82) is 0 Å². The fourth-order valence-electron chi connectivity index (χ4n) is 0.628. The maximum atomic E-state index is 8.86. The summed E-state index contributed by atoms with van der Waals surface area (Å²) >= 11 is 0. The number of rotatable bonds is 0. The Morgan fingerprint density at radius 1 is 1.44 bits per heavy atom. The van der Waals surface area contributed by atoms with Crippen LogP contribution in [0.15, 0.2) is 18.2 Å². The Kier molecular flexibility index (Phi) is 1.47. The van der Waals surface area contributed by atoms with E-state index in [4.69, 9.17) is 13.0 Å². The summed E-state index contributed by atoms with van der Waals surface area (Å²) in [6.07, 6.45) is 0. The molecule has 1 aromatic carbocycles. The number of hydrogen-bond donors (Lipinski definition) is 1. The van der Waals surface area contributed by atoms with Crippen LogP contribution in [0.25, 0.3) is 0 Å². The molecule has 0 fully saturated rings. The van der Waals surface area contributed by atoms with Crippen LogP contribution in [0.2, 0.25) is 0 Å². The summed E-state index contributed by atoms with van der Waals surface area (Å²) in [7, 11) is 5.46. The van der Waals surface area contributed by atoms with E-state index in [-0.39, 0.29) is 5.75 Å². The SMILES string of the molecule is [B]c1cc(O)ccc1C. The molecule has 0 aliphatic heterocycles. The van der Waals surface area contributed by atoms with Crippen LogP contribution in [0.5, 0.6) is 5.75 Å². The van der Waals surface area contributed by atoms with Crippen LogP contribution in [-0.4, -0.2) is 13.0 Å². The molecule has 0 saturated carbocycles. The molecule has 0 aliphatic rings. The third-order valence-electron chi connectivity index (χ3n) is 1.26. The highest BCUT2D eigenvalue weighted by Crippen LogP contribution is 2.04. The van der Waals surface area contributed by atoms with Gasteiger partial charge < -0.3 is 5.11 Å². The Morgan fingerprint density at radius 2 is 2.11 bits per heavy atom. The molecule has 0 atom stereocenters. The van der Waals surface area contributed by atoms with Crippen molar-refractivity contribution in [2.24, 2.45) is 0 Å². The third-order valence-corrected chi connectivity index (χ3v) is 1.26. The number of aromatic hydroxyl groups is 1. The molecule has 0 aromatic heterocycles. The second-order valence-electron chi connectivity index (χ2n) is 2.04. The predicted molar refractivity (Wildman–Crippen MR) is 38.2 cm³/mol. The summed E-state index contributed by atoms with van der Waals surface area (Å²) < 4.78 is 0. The van der Waals surface area contributed by atoms with Gasteiger partial charge in [-0.3, -0.25) is 0 Å². The first-order chi connectivity index (χ1) is 4.20. The maximum absolute atomic E-state index is 8.86. The van der Waals surface area contributed by atoms with E-state index in [0.29, 0.717) is 5.46 Å². The Labute approximate surface area is 55.7 Å². The standard InChI is InChI=1S/C7H7BO/c1-5-2-3-6(9)4-7(5)8/h2-4,9H,1H3. The molecule has 0 saturated heterocycles. The zero-order valence-corrected chi connectivity index (χ0v) is 5.26. The van der Waals surface area contributed by atoms with E-state index >= 15 is 0 Å². The van der Waals surface area contributed by atoms with Gasteiger partial charge in [-0.1, -0.05) is 17.1 Å². The molecule has 0 bridgehead atoms. The van der Waals surface area contributed by atoms with E-state index in [9.17, 15) is 0 Å². The summed E-state index contributed by atoms with van der Waals surface area (Å²) in [5.41, 5.74) is 1.63. The van der Waals surface area contributed by atoms with Crippen LogP contribution < -0.4 is 5.46 Å². The molecule has 0 heterocycles. The van der Waals surface area contributed by atoms with Gasteiger partial charge in [0.25, 0.3) is 0 Å². The molecule has 1 N–H and O–H groups in total. The van der Waals surface area contributed by atoms with Crippen LogP contribution >= 0.6 is 0 Å². The number of phenolic OH excluding ortho intramolecular Hbond substituents is 1. The molecule has 0 aliphatic carbocycles. The van der Waals surface area contributed by atoms with Crippen molar-refractivity contribution in [3.05, 3.63) is 23.8 Å². The van der Waals surface area contributed by atoms with Crippen molar-refractivity contribution in [1.82, 2.24) is 0 Å². The van der Waals surface area contributed by atoms with Gasteiger partial charge >= 0.3 is 0 Å². The zero-order chi connectivity index (χ0) is 6.85. The zero-order valence-electron chi connectivity index (χ0n) is 5.26. The lowest BCUT2D eigenvalue weighted by molar-refractivity contribution is 0.475. The lowest BCUT2D eigenvalue weighted by Crippen LogP contribution is -2.04. The van der Waals surface area contributed by atoms with Crippen LogP contribution in [0.1, 0.15) is 5.56 Å². The first-order valence-corrected chi connectivity index (χ1v) is 2.75. The van der Waals surface area contributed by atoms with E-state index in [0.717, 1.165) is 5.56 Å². The fourth-order valence-corrected chi connectivity index (χ4v) is 0.628. The fraction of sp³-hybridized carbons (Fsp3) is 0.143. The van der Waals surface area contributed by atoms with Gasteiger partial charge in [0.2, 0.25) is 0 Å². The molecule has 0 amide bonds. The van der Waals surface area contributed by atoms with Crippen LogP contribution in [0.3, 0.4) is 0 Å². The van der Waals surface area contributed by atoms with Crippen molar-refractivity contribution < 1.29 is 5.11 Å². The van der Waals surface area contributed by atoms with E-state index in [1.54, 1.807) is 12.1 Å². The largest absolute Gasteiger partial charge is 0.508 e. The van der Waals surface area contributed by atoms with Gasteiger partial charge in [0.05, 0.1) is 0 Å². The highest BCUT2D eigenvalue weighted by atomic mass is 16.3. The number of aryl methyl sites for hydroxylation is 1. The van der Waals surface area contributed by atoms with Gasteiger partial charge in [-0.05, 0) is 19.1 Å². The van der Waals surface area contributed by atoms with Crippen molar-refractivity contribution in [3.8, 4) is 5.75 Å². The van der Waals surface area contributed by atoms with Gasteiger partial charge in [0.1, 0.15) is 13.6 Å². The second kappa shape index (κ2) is 2.13. The average molecular weight is 118 g/mol. The average Bonchev–Trinajstić information content (AvgIpc) is 1.80. The molecule has 1 rings (SSSR count). The lowest BCUT2D eigenvalue weighted by atomic mass is 9.91. The minimum Gasteiger partial charge on any atom is -0.508 e.